The molecular weight excluding hydrogens is 456 g/mol. The fourth-order valence-electron chi connectivity index (χ4n) is 4.17. The summed E-state index contributed by atoms with van der Waals surface area (Å²) in [5.41, 5.74) is 5.49. The largest absolute Gasteiger partial charge is 0.480 e. The fraction of sp³-hybridized carbons (Fsp3) is 0.310. The molecule has 2 N–H and O–H groups in total. The number of hydrogen-bond acceptors (Lipinski definition) is 6. The maximum absolute atomic E-state index is 12.6. The number of nitrogens with zero attached hydrogens (tertiary/aromatic N) is 2. The topological polar surface area (TPSA) is 109 Å². The molecule has 3 aromatic rings. The number of carboxylic acids is 1. The second kappa shape index (κ2) is 12.1. The number of oxime groups is 1. The van der Waals surface area contributed by atoms with Gasteiger partial charge in [-0.3, -0.25) is 14.6 Å². The van der Waals surface area contributed by atoms with E-state index in [4.69, 9.17) is 4.74 Å². The summed E-state index contributed by atoms with van der Waals surface area (Å²) in [5.74, 6) is -3.61. The number of pyridine rings is 1. The summed E-state index contributed by atoms with van der Waals surface area (Å²) in [5, 5.41) is 23.2. The molecule has 188 valence electrons. The van der Waals surface area contributed by atoms with Gasteiger partial charge < -0.3 is 15.1 Å². The summed E-state index contributed by atoms with van der Waals surface area (Å²) < 4.78 is 5.30. The molecule has 0 fully saturated rings. The van der Waals surface area contributed by atoms with E-state index in [1.807, 2.05) is 63.2 Å². The Labute approximate surface area is 211 Å². The lowest BCUT2D eigenvalue weighted by atomic mass is 9.82. The summed E-state index contributed by atoms with van der Waals surface area (Å²) in [4.78, 5) is 28.7. The summed E-state index contributed by atoms with van der Waals surface area (Å²) in [6, 6.07) is 18.6. The molecule has 3 atom stereocenters. The normalized spacial score (nSPS) is 14.1. The number of aliphatic carboxylic acids is 1. The summed E-state index contributed by atoms with van der Waals surface area (Å²) in [6.45, 7) is 7.50. The first-order valence-electron chi connectivity index (χ1n) is 12.0. The van der Waals surface area contributed by atoms with E-state index in [9.17, 15) is 19.9 Å². The van der Waals surface area contributed by atoms with E-state index >= 15 is 0 Å². The van der Waals surface area contributed by atoms with Crippen LogP contribution in [0.5, 0.6) is 0 Å². The minimum atomic E-state index is -1.40. The minimum Gasteiger partial charge on any atom is -0.480 e. The highest BCUT2D eigenvalue weighted by Gasteiger charge is 2.31. The first kappa shape index (κ1) is 26.6. The number of carbonyl (C=O) groups excluding carboxylic acids is 1. The molecule has 0 spiro atoms. The zero-order chi connectivity index (χ0) is 26.2. The Kier molecular flexibility index (Phi) is 8.95. The molecule has 2 unspecified atom stereocenters. The Morgan fingerprint density at radius 1 is 1.03 bits per heavy atom. The smallest absolute Gasteiger partial charge is 0.325 e. The van der Waals surface area contributed by atoms with Gasteiger partial charge >= 0.3 is 11.9 Å². The lowest BCUT2D eigenvalue weighted by molar-refractivity contribution is -0.157. The number of aryl methyl sites for hydroxylation is 2. The summed E-state index contributed by atoms with van der Waals surface area (Å²) in [7, 11) is 0. The summed E-state index contributed by atoms with van der Waals surface area (Å²) >= 11 is 0. The van der Waals surface area contributed by atoms with Crippen LogP contribution in [-0.4, -0.2) is 39.1 Å². The molecule has 0 bridgehead atoms. The Hall–Kier alpha value is -4.00. The van der Waals surface area contributed by atoms with Gasteiger partial charge in [0.05, 0.1) is 11.8 Å². The van der Waals surface area contributed by atoms with Gasteiger partial charge in [0, 0.05) is 29.8 Å². The Morgan fingerprint density at radius 2 is 1.69 bits per heavy atom. The number of aromatic nitrogens is 1. The first-order chi connectivity index (χ1) is 17.2. The van der Waals surface area contributed by atoms with Crippen molar-refractivity contribution < 1.29 is 24.6 Å². The maximum Gasteiger partial charge on any atom is 0.325 e. The molecule has 0 aliphatic carbocycles. The van der Waals surface area contributed by atoms with Crippen LogP contribution in [0.4, 0.5) is 0 Å². The van der Waals surface area contributed by atoms with Gasteiger partial charge in [-0.25, -0.2) is 0 Å². The van der Waals surface area contributed by atoms with E-state index in [1.54, 1.807) is 31.3 Å². The van der Waals surface area contributed by atoms with Crippen LogP contribution in [-0.2, 0) is 14.3 Å². The number of ether oxygens (including phenoxy) is 1. The van der Waals surface area contributed by atoms with Crippen molar-refractivity contribution in [2.45, 2.75) is 58.5 Å². The average Bonchev–Trinajstić information content (AvgIpc) is 2.86. The Balaban J connectivity index is 1.99. The zero-order valence-electron chi connectivity index (χ0n) is 21.0. The molecule has 0 radical (unpaired) electrons. The van der Waals surface area contributed by atoms with Crippen LogP contribution in [0.3, 0.4) is 0 Å². The van der Waals surface area contributed by atoms with Gasteiger partial charge in [0.2, 0.25) is 0 Å². The lowest BCUT2D eigenvalue weighted by Crippen LogP contribution is -2.26. The fourth-order valence-corrected chi connectivity index (χ4v) is 4.17. The van der Waals surface area contributed by atoms with E-state index in [0.29, 0.717) is 24.1 Å². The molecule has 0 saturated heterocycles. The van der Waals surface area contributed by atoms with Crippen molar-refractivity contribution in [2.24, 2.45) is 5.16 Å². The molecule has 0 amide bonds. The van der Waals surface area contributed by atoms with Gasteiger partial charge in [0.25, 0.3) is 0 Å². The predicted octanol–water partition coefficient (Wildman–Crippen LogP) is 5.61. The Morgan fingerprint density at radius 3 is 2.28 bits per heavy atom. The van der Waals surface area contributed by atoms with E-state index in [2.05, 4.69) is 10.1 Å². The second-order valence-electron chi connectivity index (χ2n) is 8.94. The third kappa shape index (κ3) is 6.36. The molecular formula is C29H32N2O5. The molecule has 2 aromatic carbocycles. The first-order valence-corrected chi connectivity index (χ1v) is 12.0. The highest BCUT2D eigenvalue weighted by molar-refractivity contribution is 6.01. The molecule has 36 heavy (non-hydrogen) atoms. The van der Waals surface area contributed by atoms with Crippen LogP contribution >= 0.6 is 0 Å². The van der Waals surface area contributed by atoms with Crippen molar-refractivity contribution in [3.05, 3.63) is 100 Å². The third-order valence-corrected chi connectivity index (χ3v) is 6.36. The van der Waals surface area contributed by atoms with Crippen molar-refractivity contribution in [3.63, 3.8) is 0 Å². The van der Waals surface area contributed by atoms with Gasteiger partial charge in [-0.15, -0.1) is 0 Å². The number of carboxylic acid groups (broad SMARTS) is 1. The van der Waals surface area contributed by atoms with Gasteiger partial charge in [0.15, 0.2) is 5.92 Å². The van der Waals surface area contributed by atoms with Crippen molar-refractivity contribution in [1.82, 2.24) is 4.98 Å². The zero-order valence-corrected chi connectivity index (χ0v) is 21.0. The number of rotatable bonds is 10. The maximum atomic E-state index is 12.6. The van der Waals surface area contributed by atoms with E-state index in [0.717, 1.165) is 27.9 Å². The van der Waals surface area contributed by atoms with E-state index in [-0.39, 0.29) is 12.0 Å². The molecule has 7 heteroatoms. The van der Waals surface area contributed by atoms with Crippen LogP contribution in [0.15, 0.2) is 72.0 Å². The molecule has 0 aliphatic heterocycles. The van der Waals surface area contributed by atoms with E-state index < -0.39 is 17.9 Å². The standard InChI is InChI=1S/C29H32N2O5/c1-5-20(4)36-29(34)27(28(32)33)22-12-10-21(11-13-22)25(24-9-7-6-8-18(24)2)17-26(31-35)23-14-15-30-19(3)16-23/h6-16,20,25,27,35H,5,17H2,1-4H3,(H,32,33)/t20?,25-,27?/m0/s1. The van der Waals surface area contributed by atoms with Gasteiger partial charge in [-0.2, -0.15) is 0 Å². The minimum absolute atomic E-state index is 0.171. The van der Waals surface area contributed by atoms with E-state index in [1.165, 1.54) is 0 Å². The molecule has 0 saturated carbocycles. The number of benzene rings is 2. The Bertz CT molecular complexity index is 1240. The highest BCUT2D eigenvalue weighted by Crippen LogP contribution is 2.33. The van der Waals surface area contributed by atoms with Crippen molar-refractivity contribution in [2.75, 3.05) is 0 Å². The predicted molar refractivity (Wildman–Crippen MR) is 138 cm³/mol. The van der Waals surface area contributed by atoms with Crippen LogP contribution in [0.1, 0.15) is 72.0 Å². The lowest BCUT2D eigenvalue weighted by Gasteiger charge is -2.22. The molecule has 0 aliphatic rings. The molecule has 3 rings (SSSR count). The number of esters is 1. The van der Waals surface area contributed by atoms with Crippen LogP contribution < -0.4 is 0 Å². The highest BCUT2D eigenvalue weighted by atomic mass is 16.5. The van der Waals surface area contributed by atoms with Crippen LogP contribution in [0.2, 0.25) is 0 Å². The van der Waals surface area contributed by atoms with Crippen molar-refractivity contribution in [1.29, 1.82) is 0 Å². The monoisotopic (exact) mass is 488 g/mol. The van der Waals surface area contributed by atoms with Crippen molar-refractivity contribution >= 4 is 17.7 Å². The average molecular weight is 489 g/mol. The molecule has 1 aromatic heterocycles. The van der Waals surface area contributed by atoms with Crippen LogP contribution in [0, 0.1) is 13.8 Å². The van der Waals surface area contributed by atoms with Crippen molar-refractivity contribution in [3.8, 4) is 0 Å². The van der Waals surface area contributed by atoms with Crippen LogP contribution in [0.25, 0.3) is 0 Å². The van der Waals surface area contributed by atoms with Gasteiger partial charge in [-0.1, -0.05) is 60.6 Å². The third-order valence-electron chi connectivity index (χ3n) is 6.36. The second-order valence-corrected chi connectivity index (χ2v) is 8.94. The summed E-state index contributed by atoms with van der Waals surface area (Å²) in [6.07, 6.45) is 2.32. The number of hydrogen-bond donors (Lipinski definition) is 2. The molecule has 7 nitrogen and oxygen atoms in total. The van der Waals surface area contributed by atoms with Gasteiger partial charge in [-0.05, 0) is 61.6 Å². The quantitative estimate of drug-likeness (QED) is 0.126. The van der Waals surface area contributed by atoms with Gasteiger partial charge in [0.1, 0.15) is 0 Å². The SMILES string of the molecule is CCC(C)OC(=O)C(C(=O)O)c1ccc([C@H](CC(=NO)c2ccnc(C)c2)c2ccccc2C)cc1. The number of carbonyl (C=O) groups is 2. The molecule has 1 heterocycles.